The SMILES string of the molecule is Cc1[nH]nc(C(F)(F)F)c1NC(=O)Cn1nc(C(F)F)cc1C1CC1. The Bertz CT molecular complexity index is 790. The molecule has 2 aromatic heterocycles. The minimum Gasteiger partial charge on any atom is -0.321 e. The van der Waals surface area contributed by atoms with Crippen LogP contribution in [0.25, 0.3) is 0 Å². The van der Waals surface area contributed by atoms with Crippen molar-refractivity contribution in [1.82, 2.24) is 20.0 Å². The molecule has 6 nitrogen and oxygen atoms in total. The summed E-state index contributed by atoms with van der Waals surface area (Å²) < 4.78 is 65.4. The fourth-order valence-corrected chi connectivity index (χ4v) is 2.50. The minimum atomic E-state index is -4.74. The van der Waals surface area contributed by atoms with Gasteiger partial charge in [-0.2, -0.15) is 23.4 Å². The quantitative estimate of drug-likeness (QED) is 0.800. The molecule has 1 aliphatic carbocycles. The van der Waals surface area contributed by atoms with Crippen molar-refractivity contribution >= 4 is 11.6 Å². The third-order valence-corrected chi connectivity index (χ3v) is 3.82. The zero-order valence-corrected chi connectivity index (χ0v) is 13.0. The molecule has 2 N–H and O–H groups in total. The molecule has 0 aromatic carbocycles. The number of nitrogens with zero attached hydrogens (tertiary/aromatic N) is 3. The van der Waals surface area contributed by atoms with Crippen molar-refractivity contribution in [2.75, 3.05) is 5.32 Å². The standard InChI is InChI=1S/C14H14F5N5O/c1-6-11(12(22-21-6)14(17,18)19)20-10(25)5-24-9(7-2-3-7)4-8(23-24)13(15)16/h4,7,13H,2-3,5H2,1H3,(H,20,25)(H,21,22). The molecule has 2 heterocycles. The largest absolute Gasteiger partial charge is 0.437 e. The lowest BCUT2D eigenvalue weighted by molar-refractivity contribution is -0.140. The van der Waals surface area contributed by atoms with E-state index in [9.17, 15) is 26.7 Å². The number of nitrogens with one attached hydrogen (secondary N) is 2. The molecular weight excluding hydrogens is 349 g/mol. The molecule has 0 spiro atoms. The fraction of sp³-hybridized carbons (Fsp3) is 0.500. The Balaban J connectivity index is 1.79. The first-order valence-electron chi connectivity index (χ1n) is 7.44. The second-order valence-corrected chi connectivity index (χ2v) is 5.84. The lowest BCUT2D eigenvalue weighted by atomic mass is 10.2. The van der Waals surface area contributed by atoms with Crippen molar-refractivity contribution in [3.05, 3.63) is 28.8 Å². The normalized spacial score (nSPS) is 15.0. The van der Waals surface area contributed by atoms with E-state index < -0.39 is 42.1 Å². The molecule has 11 heteroatoms. The number of H-pyrrole nitrogens is 1. The number of aromatic nitrogens is 4. The number of halogens is 5. The van der Waals surface area contributed by atoms with Gasteiger partial charge in [0.15, 0.2) is 5.69 Å². The van der Waals surface area contributed by atoms with Crippen LogP contribution in [0.2, 0.25) is 0 Å². The predicted octanol–water partition coefficient (Wildman–Crippen LogP) is 3.39. The highest BCUT2D eigenvalue weighted by atomic mass is 19.4. The van der Waals surface area contributed by atoms with Gasteiger partial charge < -0.3 is 5.32 Å². The van der Waals surface area contributed by atoms with Crippen LogP contribution >= 0.6 is 0 Å². The third kappa shape index (κ3) is 3.64. The molecule has 3 rings (SSSR count). The van der Waals surface area contributed by atoms with Gasteiger partial charge in [-0.25, -0.2) is 8.78 Å². The maximum Gasteiger partial charge on any atom is 0.437 e. The second-order valence-electron chi connectivity index (χ2n) is 5.84. The van der Waals surface area contributed by atoms with Crippen molar-refractivity contribution in [2.24, 2.45) is 0 Å². The lowest BCUT2D eigenvalue weighted by Crippen LogP contribution is -2.22. The molecule has 136 valence electrons. The van der Waals surface area contributed by atoms with Gasteiger partial charge in [-0.15, -0.1) is 0 Å². The molecule has 1 saturated carbocycles. The van der Waals surface area contributed by atoms with E-state index in [1.807, 2.05) is 0 Å². The van der Waals surface area contributed by atoms with Crippen LogP contribution in [0.3, 0.4) is 0 Å². The highest BCUT2D eigenvalue weighted by Crippen LogP contribution is 2.41. The molecule has 25 heavy (non-hydrogen) atoms. The average Bonchev–Trinajstić information content (AvgIpc) is 3.15. The molecule has 1 fully saturated rings. The van der Waals surface area contributed by atoms with E-state index in [2.05, 4.69) is 20.6 Å². The molecule has 1 aliphatic rings. The van der Waals surface area contributed by atoms with E-state index in [0.29, 0.717) is 5.69 Å². The number of amides is 1. The van der Waals surface area contributed by atoms with Crippen molar-refractivity contribution < 1.29 is 26.7 Å². The van der Waals surface area contributed by atoms with Crippen LogP contribution in [0.4, 0.5) is 27.6 Å². The number of carbonyl (C=O) groups is 1. The van der Waals surface area contributed by atoms with Gasteiger partial charge in [-0.3, -0.25) is 14.6 Å². The van der Waals surface area contributed by atoms with Crippen LogP contribution in [-0.4, -0.2) is 25.9 Å². The van der Waals surface area contributed by atoms with Crippen LogP contribution in [-0.2, 0) is 17.5 Å². The first-order valence-corrected chi connectivity index (χ1v) is 7.44. The highest BCUT2D eigenvalue weighted by Gasteiger charge is 2.38. The fourth-order valence-electron chi connectivity index (χ4n) is 2.50. The summed E-state index contributed by atoms with van der Waals surface area (Å²) in [4.78, 5) is 12.1. The number of aryl methyl sites for hydroxylation is 1. The van der Waals surface area contributed by atoms with Crippen molar-refractivity contribution in [3.63, 3.8) is 0 Å². The molecule has 0 atom stereocenters. The number of hydrogen-bond acceptors (Lipinski definition) is 3. The molecule has 1 amide bonds. The van der Waals surface area contributed by atoms with E-state index in [1.54, 1.807) is 0 Å². The van der Waals surface area contributed by atoms with Gasteiger partial charge in [0.1, 0.15) is 12.2 Å². The molecule has 0 aliphatic heterocycles. The first kappa shape index (κ1) is 17.4. The molecule has 0 saturated heterocycles. The summed E-state index contributed by atoms with van der Waals surface area (Å²) >= 11 is 0. The maximum atomic E-state index is 12.9. The Morgan fingerprint density at radius 3 is 2.68 bits per heavy atom. The van der Waals surface area contributed by atoms with Gasteiger partial charge in [0.25, 0.3) is 6.43 Å². The van der Waals surface area contributed by atoms with E-state index in [-0.39, 0.29) is 11.6 Å². The Morgan fingerprint density at radius 1 is 1.44 bits per heavy atom. The number of carbonyl (C=O) groups excluding carboxylic acids is 1. The summed E-state index contributed by atoms with van der Waals surface area (Å²) in [5.41, 5.74) is -1.64. The Morgan fingerprint density at radius 2 is 2.12 bits per heavy atom. The van der Waals surface area contributed by atoms with Gasteiger partial charge in [0, 0.05) is 11.6 Å². The zero-order valence-electron chi connectivity index (χ0n) is 13.0. The summed E-state index contributed by atoms with van der Waals surface area (Å²) in [5.74, 6) is -0.755. The third-order valence-electron chi connectivity index (χ3n) is 3.82. The maximum absolute atomic E-state index is 12.9. The second kappa shape index (κ2) is 6.12. The number of aromatic amines is 1. The van der Waals surface area contributed by atoms with Crippen molar-refractivity contribution in [1.29, 1.82) is 0 Å². The minimum absolute atomic E-state index is 0.0387. The summed E-state index contributed by atoms with van der Waals surface area (Å²) in [6, 6.07) is 1.24. The number of hydrogen-bond donors (Lipinski definition) is 2. The van der Waals surface area contributed by atoms with Crippen LogP contribution < -0.4 is 5.32 Å². The average molecular weight is 363 g/mol. The van der Waals surface area contributed by atoms with Crippen LogP contribution in [0.1, 0.15) is 48.0 Å². The topological polar surface area (TPSA) is 75.6 Å². The Labute approximate surface area is 138 Å². The summed E-state index contributed by atoms with van der Waals surface area (Å²) in [6.07, 6.45) is -5.92. The molecule has 0 unspecified atom stereocenters. The van der Waals surface area contributed by atoms with Crippen LogP contribution in [0.5, 0.6) is 0 Å². The smallest absolute Gasteiger partial charge is 0.321 e. The van der Waals surface area contributed by atoms with E-state index in [4.69, 9.17) is 0 Å². The van der Waals surface area contributed by atoms with E-state index in [0.717, 1.165) is 17.5 Å². The van der Waals surface area contributed by atoms with Gasteiger partial charge in [-0.1, -0.05) is 0 Å². The highest BCUT2D eigenvalue weighted by molar-refractivity contribution is 5.91. The summed E-state index contributed by atoms with van der Waals surface area (Å²) in [6.45, 7) is 0.872. The number of rotatable bonds is 5. The Kier molecular flexibility index (Phi) is 4.25. The van der Waals surface area contributed by atoms with E-state index >= 15 is 0 Å². The van der Waals surface area contributed by atoms with Gasteiger partial charge >= 0.3 is 6.18 Å². The van der Waals surface area contributed by atoms with Crippen molar-refractivity contribution in [3.8, 4) is 0 Å². The number of alkyl halides is 5. The molecule has 0 bridgehead atoms. The predicted molar refractivity (Wildman–Crippen MR) is 76.1 cm³/mol. The summed E-state index contributed by atoms with van der Waals surface area (Å²) in [5, 5.41) is 11.1. The molecule has 2 aromatic rings. The monoisotopic (exact) mass is 363 g/mol. The van der Waals surface area contributed by atoms with E-state index in [1.165, 1.54) is 13.0 Å². The Hall–Kier alpha value is -2.46. The van der Waals surface area contributed by atoms with Crippen molar-refractivity contribution in [2.45, 2.75) is 44.8 Å². The lowest BCUT2D eigenvalue weighted by Gasteiger charge is -2.10. The van der Waals surface area contributed by atoms with Gasteiger partial charge in [-0.05, 0) is 25.8 Å². The van der Waals surface area contributed by atoms with Crippen LogP contribution in [0.15, 0.2) is 6.07 Å². The van der Waals surface area contributed by atoms with Gasteiger partial charge in [0.2, 0.25) is 5.91 Å². The van der Waals surface area contributed by atoms with Crippen LogP contribution in [0, 0.1) is 6.92 Å². The molecule has 0 radical (unpaired) electrons. The zero-order chi connectivity index (χ0) is 18.4. The molecular formula is C14H14F5N5O. The number of anilines is 1. The van der Waals surface area contributed by atoms with Gasteiger partial charge in [0.05, 0.1) is 11.4 Å². The first-order chi connectivity index (χ1) is 11.7. The summed E-state index contributed by atoms with van der Waals surface area (Å²) in [7, 11) is 0.